The predicted octanol–water partition coefficient (Wildman–Crippen LogP) is -2.21. The molecule has 0 rings (SSSR count). The van der Waals surface area contributed by atoms with Gasteiger partial charge in [-0.3, -0.25) is 0 Å². The fraction of sp³-hybridized carbons (Fsp3) is 0.625. The molecular formula is C8H16N4O5. The van der Waals surface area contributed by atoms with Crippen molar-refractivity contribution in [3.8, 4) is 0 Å². The fourth-order valence-corrected chi connectivity index (χ4v) is 0.957. The van der Waals surface area contributed by atoms with Crippen molar-refractivity contribution in [3.05, 3.63) is 0 Å². The van der Waals surface area contributed by atoms with E-state index in [1.54, 1.807) is 0 Å². The van der Waals surface area contributed by atoms with E-state index in [0.717, 1.165) is 0 Å². The highest BCUT2D eigenvalue weighted by atomic mass is 16.4. The van der Waals surface area contributed by atoms with Gasteiger partial charge >= 0.3 is 18.0 Å². The van der Waals surface area contributed by atoms with Crippen LogP contribution >= 0.6 is 0 Å². The lowest BCUT2D eigenvalue weighted by atomic mass is 10.2. The minimum atomic E-state index is -1.23. The second-order valence-corrected chi connectivity index (χ2v) is 3.09. The first kappa shape index (κ1) is 15.0. The summed E-state index contributed by atoms with van der Waals surface area (Å²) in [6.45, 7) is -0.0960. The zero-order valence-corrected chi connectivity index (χ0v) is 9.10. The topological polar surface area (TPSA) is 154 Å². The molecule has 0 radical (unpaired) electrons. The van der Waals surface area contributed by atoms with Gasteiger partial charge in [0.25, 0.3) is 0 Å². The van der Waals surface area contributed by atoms with Crippen molar-refractivity contribution in [2.75, 3.05) is 19.7 Å². The number of amides is 4. The largest absolute Gasteiger partial charge is 0.480 e. The number of rotatable bonds is 7. The van der Waals surface area contributed by atoms with Crippen LogP contribution in [0.3, 0.4) is 0 Å². The Morgan fingerprint density at radius 2 is 1.76 bits per heavy atom. The molecule has 0 unspecified atom stereocenters. The summed E-state index contributed by atoms with van der Waals surface area (Å²) in [4.78, 5) is 32.1. The molecule has 98 valence electrons. The maximum atomic E-state index is 11.2. The molecule has 0 aliphatic heterocycles. The van der Waals surface area contributed by atoms with E-state index in [2.05, 4.69) is 16.0 Å². The first-order valence-corrected chi connectivity index (χ1v) is 4.88. The molecular weight excluding hydrogens is 232 g/mol. The number of hydrogen-bond donors (Lipinski definition) is 6. The van der Waals surface area contributed by atoms with Crippen LogP contribution in [0.5, 0.6) is 0 Å². The summed E-state index contributed by atoms with van der Waals surface area (Å²) >= 11 is 0. The molecule has 0 aromatic carbocycles. The number of urea groups is 2. The number of nitrogens with one attached hydrogen (secondary N) is 3. The molecule has 0 aromatic rings. The summed E-state index contributed by atoms with van der Waals surface area (Å²) < 4.78 is 0. The summed E-state index contributed by atoms with van der Waals surface area (Å²) in [5.74, 6) is -1.23. The SMILES string of the molecule is NC(=O)NCCNC(=O)N[C@@H](CCO)C(=O)O. The number of aliphatic hydroxyl groups is 1. The van der Waals surface area contributed by atoms with Crippen molar-refractivity contribution in [2.24, 2.45) is 5.73 Å². The molecule has 0 saturated carbocycles. The number of carbonyl (C=O) groups is 3. The molecule has 0 aliphatic carbocycles. The monoisotopic (exact) mass is 248 g/mol. The van der Waals surface area contributed by atoms with E-state index >= 15 is 0 Å². The standard InChI is InChI=1S/C8H16N4O5/c9-7(16)10-2-3-11-8(17)12-5(1-4-13)6(14)15/h5,13H,1-4H2,(H,14,15)(H3,9,10,16)(H2,11,12,17)/t5-/m0/s1. The lowest BCUT2D eigenvalue weighted by molar-refractivity contribution is -0.139. The summed E-state index contributed by atoms with van der Waals surface area (Å²) in [7, 11) is 0. The van der Waals surface area contributed by atoms with Gasteiger partial charge in [0.2, 0.25) is 0 Å². The smallest absolute Gasteiger partial charge is 0.326 e. The maximum Gasteiger partial charge on any atom is 0.326 e. The molecule has 0 fully saturated rings. The van der Waals surface area contributed by atoms with Crippen LogP contribution in [0.25, 0.3) is 0 Å². The Kier molecular flexibility index (Phi) is 7.19. The Bertz CT molecular complexity index is 283. The van der Waals surface area contributed by atoms with Gasteiger partial charge in [-0.05, 0) is 0 Å². The summed E-state index contributed by atoms with van der Waals surface area (Å²) in [5, 5.41) is 24.0. The maximum absolute atomic E-state index is 11.2. The first-order valence-electron chi connectivity index (χ1n) is 4.88. The first-order chi connectivity index (χ1) is 7.97. The van der Waals surface area contributed by atoms with Crippen LogP contribution < -0.4 is 21.7 Å². The lowest BCUT2D eigenvalue weighted by Gasteiger charge is -2.13. The van der Waals surface area contributed by atoms with Crippen molar-refractivity contribution in [1.29, 1.82) is 0 Å². The normalized spacial score (nSPS) is 11.4. The van der Waals surface area contributed by atoms with Gasteiger partial charge in [-0.25, -0.2) is 14.4 Å². The summed E-state index contributed by atoms with van der Waals surface area (Å²) in [6, 6.07) is -2.56. The van der Waals surface area contributed by atoms with Gasteiger partial charge in [-0.1, -0.05) is 0 Å². The van der Waals surface area contributed by atoms with E-state index in [9.17, 15) is 14.4 Å². The highest BCUT2D eigenvalue weighted by Crippen LogP contribution is 1.90. The molecule has 0 saturated heterocycles. The van der Waals surface area contributed by atoms with Crippen LogP contribution in [0, 0.1) is 0 Å². The molecule has 9 nitrogen and oxygen atoms in total. The molecule has 1 atom stereocenters. The Labute approximate surface area is 97.4 Å². The van der Waals surface area contributed by atoms with Gasteiger partial charge in [0.1, 0.15) is 6.04 Å². The van der Waals surface area contributed by atoms with Crippen LogP contribution in [0.2, 0.25) is 0 Å². The van der Waals surface area contributed by atoms with Gasteiger partial charge in [0.15, 0.2) is 0 Å². The number of aliphatic hydroxyl groups excluding tert-OH is 1. The number of primary amides is 1. The third-order valence-electron chi connectivity index (χ3n) is 1.73. The lowest BCUT2D eigenvalue weighted by Crippen LogP contribution is -2.48. The minimum Gasteiger partial charge on any atom is -0.480 e. The van der Waals surface area contributed by atoms with Crippen molar-refractivity contribution in [3.63, 3.8) is 0 Å². The van der Waals surface area contributed by atoms with E-state index in [1.807, 2.05) is 0 Å². The zero-order valence-electron chi connectivity index (χ0n) is 9.10. The molecule has 0 bridgehead atoms. The number of carbonyl (C=O) groups excluding carboxylic acids is 2. The van der Waals surface area contributed by atoms with Crippen LogP contribution in [-0.2, 0) is 4.79 Å². The van der Waals surface area contributed by atoms with Gasteiger partial charge in [0, 0.05) is 26.1 Å². The van der Waals surface area contributed by atoms with Crippen molar-refractivity contribution < 1.29 is 24.6 Å². The molecule has 17 heavy (non-hydrogen) atoms. The van der Waals surface area contributed by atoms with Crippen LogP contribution in [0.15, 0.2) is 0 Å². The summed E-state index contributed by atoms with van der Waals surface area (Å²) in [5.41, 5.74) is 4.79. The van der Waals surface area contributed by atoms with E-state index in [0.29, 0.717) is 0 Å². The molecule has 4 amide bonds. The van der Waals surface area contributed by atoms with Gasteiger partial charge in [-0.2, -0.15) is 0 Å². The van der Waals surface area contributed by atoms with Crippen LogP contribution in [0.4, 0.5) is 9.59 Å². The number of carboxylic acids is 1. The Balaban J connectivity index is 3.82. The third kappa shape index (κ3) is 7.85. The fourth-order valence-electron chi connectivity index (χ4n) is 0.957. The Morgan fingerprint density at radius 3 is 2.24 bits per heavy atom. The second kappa shape index (κ2) is 8.16. The zero-order chi connectivity index (χ0) is 13.3. The average Bonchev–Trinajstić information content (AvgIpc) is 2.23. The number of aliphatic carboxylic acids is 1. The van der Waals surface area contributed by atoms with Crippen molar-refractivity contribution in [1.82, 2.24) is 16.0 Å². The average molecular weight is 248 g/mol. The highest BCUT2D eigenvalue weighted by molar-refractivity contribution is 5.82. The highest BCUT2D eigenvalue weighted by Gasteiger charge is 2.18. The van der Waals surface area contributed by atoms with E-state index in [-0.39, 0.29) is 26.1 Å². The van der Waals surface area contributed by atoms with E-state index in [4.69, 9.17) is 15.9 Å². The van der Waals surface area contributed by atoms with Gasteiger partial charge in [-0.15, -0.1) is 0 Å². The number of carboxylic acid groups (broad SMARTS) is 1. The van der Waals surface area contributed by atoms with Gasteiger partial charge < -0.3 is 31.9 Å². The number of nitrogens with two attached hydrogens (primary N) is 1. The Morgan fingerprint density at radius 1 is 1.18 bits per heavy atom. The molecule has 0 aromatic heterocycles. The predicted molar refractivity (Wildman–Crippen MR) is 57.2 cm³/mol. The second-order valence-electron chi connectivity index (χ2n) is 3.09. The summed E-state index contributed by atoms with van der Waals surface area (Å²) in [6.07, 6.45) is -0.0811. The van der Waals surface area contributed by atoms with Crippen LogP contribution in [-0.4, -0.2) is 54.0 Å². The van der Waals surface area contributed by atoms with Gasteiger partial charge in [0.05, 0.1) is 0 Å². The third-order valence-corrected chi connectivity index (χ3v) is 1.73. The van der Waals surface area contributed by atoms with Crippen molar-refractivity contribution in [2.45, 2.75) is 12.5 Å². The van der Waals surface area contributed by atoms with E-state index in [1.165, 1.54) is 0 Å². The van der Waals surface area contributed by atoms with Crippen molar-refractivity contribution >= 4 is 18.0 Å². The minimum absolute atomic E-state index is 0.0811. The molecule has 9 heteroatoms. The molecule has 0 spiro atoms. The quantitative estimate of drug-likeness (QED) is 0.282. The number of hydrogen-bond acceptors (Lipinski definition) is 4. The molecule has 0 heterocycles. The molecule has 7 N–H and O–H groups in total. The Hall–Kier alpha value is -2.03. The molecule has 0 aliphatic rings. The van der Waals surface area contributed by atoms with E-state index < -0.39 is 24.1 Å². The van der Waals surface area contributed by atoms with Crippen LogP contribution in [0.1, 0.15) is 6.42 Å².